The standard InChI is InChI=1S/C12H13N5O/c1-17-7-8(6-14-17)5-13-9-2-3-10-11(4-9)16-12(18)15-10/h2-4,6-7,13H,5H2,1H3,(H2,15,16,18). The normalized spacial score (nSPS) is 10.9. The van der Waals surface area contributed by atoms with Crippen molar-refractivity contribution in [3.8, 4) is 0 Å². The summed E-state index contributed by atoms with van der Waals surface area (Å²) in [7, 11) is 1.89. The molecule has 0 spiro atoms. The van der Waals surface area contributed by atoms with E-state index in [1.807, 2.05) is 37.6 Å². The smallest absolute Gasteiger partial charge is 0.323 e. The minimum absolute atomic E-state index is 0.186. The van der Waals surface area contributed by atoms with Crippen LogP contribution in [0.25, 0.3) is 11.0 Å². The van der Waals surface area contributed by atoms with Gasteiger partial charge in [0.15, 0.2) is 0 Å². The lowest BCUT2D eigenvalue weighted by molar-refractivity contribution is 0.767. The summed E-state index contributed by atoms with van der Waals surface area (Å²) in [5.41, 5.74) is 3.50. The monoisotopic (exact) mass is 243 g/mol. The molecular weight excluding hydrogens is 230 g/mol. The molecule has 3 rings (SSSR count). The van der Waals surface area contributed by atoms with Gasteiger partial charge in [0.25, 0.3) is 0 Å². The molecule has 0 radical (unpaired) electrons. The number of anilines is 1. The third kappa shape index (κ3) is 2.00. The van der Waals surface area contributed by atoms with Gasteiger partial charge in [-0.2, -0.15) is 5.10 Å². The minimum Gasteiger partial charge on any atom is -0.381 e. The Morgan fingerprint density at radius 1 is 1.33 bits per heavy atom. The summed E-state index contributed by atoms with van der Waals surface area (Å²) in [6, 6.07) is 5.71. The first-order valence-corrected chi connectivity index (χ1v) is 5.64. The maximum absolute atomic E-state index is 11.1. The van der Waals surface area contributed by atoms with E-state index in [1.165, 1.54) is 0 Å². The summed E-state index contributed by atoms with van der Waals surface area (Å²) < 4.78 is 1.77. The molecule has 3 N–H and O–H groups in total. The topological polar surface area (TPSA) is 78.5 Å². The van der Waals surface area contributed by atoms with Gasteiger partial charge in [0.1, 0.15) is 0 Å². The third-order valence-corrected chi connectivity index (χ3v) is 2.77. The first kappa shape index (κ1) is 10.6. The van der Waals surface area contributed by atoms with Crippen LogP contribution in [0.5, 0.6) is 0 Å². The first-order valence-electron chi connectivity index (χ1n) is 5.64. The minimum atomic E-state index is -0.186. The van der Waals surface area contributed by atoms with Crippen LogP contribution in [0.15, 0.2) is 35.4 Å². The Kier molecular flexibility index (Phi) is 2.40. The van der Waals surface area contributed by atoms with Gasteiger partial charge in [0.05, 0.1) is 17.2 Å². The molecule has 0 saturated heterocycles. The highest BCUT2D eigenvalue weighted by Gasteiger charge is 2.00. The third-order valence-electron chi connectivity index (χ3n) is 2.77. The second-order valence-electron chi connectivity index (χ2n) is 4.22. The van der Waals surface area contributed by atoms with Gasteiger partial charge in [0.2, 0.25) is 0 Å². The van der Waals surface area contributed by atoms with Crippen molar-refractivity contribution >= 4 is 16.7 Å². The Morgan fingerprint density at radius 3 is 2.94 bits per heavy atom. The number of benzene rings is 1. The molecule has 0 aliphatic rings. The number of nitrogens with zero attached hydrogens (tertiary/aromatic N) is 2. The molecule has 0 unspecified atom stereocenters. The van der Waals surface area contributed by atoms with E-state index in [0.717, 1.165) is 22.3 Å². The van der Waals surface area contributed by atoms with Crippen LogP contribution in [0.1, 0.15) is 5.56 Å². The Morgan fingerprint density at radius 2 is 2.17 bits per heavy atom. The molecule has 0 amide bonds. The number of imidazole rings is 1. The predicted octanol–water partition coefficient (Wildman–Crippen LogP) is 1.20. The maximum atomic E-state index is 11.1. The van der Waals surface area contributed by atoms with Crippen LogP contribution in [-0.4, -0.2) is 19.7 Å². The molecule has 2 aromatic heterocycles. The second kappa shape index (κ2) is 4.06. The molecule has 0 fully saturated rings. The van der Waals surface area contributed by atoms with E-state index < -0.39 is 0 Å². The van der Waals surface area contributed by atoms with Gasteiger partial charge in [-0.1, -0.05) is 0 Å². The highest BCUT2D eigenvalue weighted by Crippen LogP contribution is 2.15. The van der Waals surface area contributed by atoms with E-state index >= 15 is 0 Å². The number of aromatic amines is 2. The van der Waals surface area contributed by atoms with Crippen LogP contribution < -0.4 is 11.0 Å². The zero-order valence-electron chi connectivity index (χ0n) is 9.90. The van der Waals surface area contributed by atoms with E-state index in [4.69, 9.17) is 0 Å². The number of H-pyrrole nitrogens is 2. The van der Waals surface area contributed by atoms with E-state index in [9.17, 15) is 4.79 Å². The fourth-order valence-corrected chi connectivity index (χ4v) is 1.91. The molecule has 3 aromatic rings. The molecule has 2 heterocycles. The zero-order valence-corrected chi connectivity index (χ0v) is 9.90. The van der Waals surface area contributed by atoms with Crippen molar-refractivity contribution < 1.29 is 0 Å². The quantitative estimate of drug-likeness (QED) is 0.646. The van der Waals surface area contributed by atoms with Crippen LogP contribution in [-0.2, 0) is 13.6 Å². The molecule has 1 aromatic carbocycles. The molecule has 0 bridgehead atoms. The Labute approximate surface area is 103 Å². The SMILES string of the molecule is Cn1cc(CNc2ccc3[nH]c(=O)[nH]c3c2)cn1. The fourth-order valence-electron chi connectivity index (χ4n) is 1.91. The van der Waals surface area contributed by atoms with Crippen LogP contribution in [0.2, 0.25) is 0 Å². The van der Waals surface area contributed by atoms with Gasteiger partial charge >= 0.3 is 5.69 Å². The molecule has 6 nitrogen and oxygen atoms in total. The zero-order chi connectivity index (χ0) is 12.5. The summed E-state index contributed by atoms with van der Waals surface area (Å²) >= 11 is 0. The number of fused-ring (bicyclic) bond motifs is 1. The van der Waals surface area contributed by atoms with Crippen LogP contribution in [0.3, 0.4) is 0 Å². The summed E-state index contributed by atoms with van der Waals surface area (Å²) in [6.07, 6.45) is 3.79. The second-order valence-corrected chi connectivity index (χ2v) is 4.22. The lowest BCUT2D eigenvalue weighted by Crippen LogP contribution is -1.99. The lowest BCUT2D eigenvalue weighted by atomic mass is 10.2. The molecule has 0 aliphatic heterocycles. The van der Waals surface area contributed by atoms with E-state index in [1.54, 1.807) is 4.68 Å². The van der Waals surface area contributed by atoms with Gasteiger partial charge in [-0.05, 0) is 18.2 Å². The molecule has 18 heavy (non-hydrogen) atoms. The Hall–Kier alpha value is -2.50. The molecule has 0 saturated carbocycles. The average molecular weight is 243 g/mol. The van der Waals surface area contributed by atoms with E-state index in [2.05, 4.69) is 20.4 Å². The summed E-state index contributed by atoms with van der Waals surface area (Å²) in [5.74, 6) is 0. The van der Waals surface area contributed by atoms with Gasteiger partial charge in [-0.15, -0.1) is 0 Å². The fraction of sp³-hybridized carbons (Fsp3) is 0.167. The Bertz CT molecular complexity index is 736. The number of aryl methyl sites for hydroxylation is 1. The number of hydrogen-bond donors (Lipinski definition) is 3. The van der Waals surface area contributed by atoms with Crippen molar-refractivity contribution in [2.24, 2.45) is 7.05 Å². The van der Waals surface area contributed by atoms with Crippen LogP contribution in [0.4, 0.5) is 5.69 Å². The van der Waals surface area contributed by atoms with Crippen LogP contribution in [0, 0.1) is 0 Å². The predicted molar refractivity (Wildman–Crippen MR) is 69.5 cm³/mol. The van der Waals surface area contributed by atoms with E-state index in [0.29, 0.717) is 6.54 Å². The van der Waals surface area contributed by atoms with Gasteiger partial charge < -0.3 is 15.3 Å². The van der Waals surface area contributed by atoms with Gasteiger partial charge in [0, 0.05) is 31.0 Å². The first-order chi connectivity index (χ1) is 8.70. The summed E-state index contributed by atoms with van der Waals surface area (Å²) in [4.78, 5) is 16.6. The number of nitrogens with one attached hydrogen (secondary N) is 3. The van der Waals surface area contributed by atoms with Crippen LogP contribution >= 0.6 is 0 Å². The van der Waals surface area contributed by atoms with Gasteiger partial charge in [-0.3, -0.25) is 4.68 Å². The average Bonchev–Trinajstić information content (AvgIpc) is 2.90. The maximum Gasteiger partial charge on any atom is 0.323 e. The number of hydrogen-bond acceptors (Lipinski definition) is 3. The molecule has 6 heteroatoms. The van der Waals surface area contributed by atoms with Crippen molar-refractivity contribution in [1.82, 2.24) is 19.7 Å². The largest absolute Gasteiger partial charge is 0.381 e. The Balaban J connectivity index is 1.80. The van der Waals surface area contributed by atoms with Crippen molar-refractivity contribution in [2.45, 2.75) is 6.54 Å². The molecule has 92 valence electrons. The molecule has 0 atom stereocenters. The van der Waals surface area contributed by atoms with Crippen molar-refractivity contribution in [1.29, 1.82) is 0 Å². The van der Waals surface area contributed by atoms with Gasteiger partial charge in [-0.25, -0.2) is 4.79 Å². The number of rotatable bonds is 3. The van der Waals surface area contributed by atoms with Crippen molar-refractivity contribution in [3.05, 3.63) is 46.6 Å². The summed E-state index contributed by atoms with van der Waals surface area (Å²) in [6.45, 7) is 0.702. The van der Waals surface area contributed by atoms with Crippen molar-refractivity contribution in [3.63, 3.8) is 0 Å². The number of aromatic nitrogens is 4. The van der Waals surface area contributed by atoms with Crippen molar-refractivity contribution in [2.75, 3.05) is 5.32 Å². The van der Waals surface area contributed by atoms with E-state index in [-0.39, 0.29) is 5.69 Å². The summed E-state index contributed by atoms with van der Waals surface area (Å²) in [5, 5.41) is 7.39. The highest BCUT2D eigenvalue weighted by molar-refractivity contribution is 5.78. The molecular formula is C12H13N5O. The lowest BCUT2D eigenvalue weighted by Gasteiger charge is -2.04. The molecule has 0 aliphatic carbocycles. The highest BCUT2D eigenvalue weighted by atomic mass is 16.1.